The van der Waals surface area contributed by atoms with Crippen LogP contribution in [0.5, 0.6) is 0 Å². The third-order valence-electron chi connectivity index (χ3n) is 3.02. The largest absolute Gasteiger partial charge is 0.359 e. The predicted molar refractivity (Wildman–Crippen MR) is 45.9 cm³/mol. The minimum absolute atomic E-state index is 0.416. The predicted octanol–water partition coefficient (Wildman–Crippen LogP) is 0.747. The quantitative estimate of drug-likeness (QED) is 0.500. The van der Waals surface area contributed by atoms with Crippen molar-refractivity contribution < 1.29 is 9.47 Å². The molecule has 1 aliphatic heterocycles. The summed E-state index contributed by atoms with van der Waals surface area (Å²) in [5, 5.41) is 3.55. The molecule has 12 heavy (non-hydrogen) atoms. The van der Waals surface area contributed by atoms with Gasteiger partial charge in [-0.1, -0.05) is 6.92 Å². The molecule has 0 amide bonds. The number of rotatable bonds is 4. The lowest BCUT2D eigenvalue weighted by Gasteiger charge is -2.13. The third-order valence-corrected chi connectivity index (χ3v) is 3.02. The average molecular weight is 171 g/mol. The van der Waals surface area contributed by atoms with Crippen molar-refractivity contribution in [2.45, 2.75) is 31.8 Å². The Bertz CT molecular complexity index is 174. The van der Waals surface area contributed by atoms with Crippen LogP contribution in [0.1, 0.15) is 19.8 Å². The van der Waals surface area contributed by atoms with Crippen molar-refractivity contribution in [1.29, 1.82) is 0 Å². The van der Waals surface area contributed by atoms with Gasteiger partial charge >= 0.3 is 0 Å². The van der Waals surface area contributed by atoms with E-state index in [0.29, 0.717) is 18.2 Å². The number of hydrogen-bond acceptors (Lipinski definition) is 3. The molecule has 0 aromatic carbocycles. The van der Waals surface area contributed by atoms with Crippen molar-refractivity contribution in [3.8, 4) is 0 Å². The van der Waals surface area contributed by atoms with Crippen LogP contribution in [0.15, 0.2) is 0 Å². The van der Waals surface area contributed by atoms with Crippen LogP contribution in [-0.4, -0.2) is 32.6 Å². The van der Waals surface area contributed by atoms with Crippen LogP contribution in [0.25, 0.3) is 0 Å². The summed E-state index contributed by atoms with van der Waals surface area (Å²) in [6.07, 6.45) is 2.62. The summed E-state index contributed by atoms with van der Waals surface area (Å²) < 4.78 is 10.1. The van der Waals surface area contributed by atoms with Crippen LogP contribution in [-0.2, 0) is 9.47 Å². The number of piperidine rings is 1. The van der Waals surface area contributed by atoms with Gasteiger partial charge in [0.05, 0.1) is 6.61 Å². The molecule has 1 heterocycles. The zero-order valence-electron chi connectivity index (χ0n) is 7.80. The molecule has 1 unspecified atom stereocenters. The Morgan fingerprint density at radius 1 is 1.50 bits per heavy atom. The summed E-state index contributed by atoms with van der Waals surface area (Å²) in [4.78, 5) is 0. The SMILES string of the molecule is COCOC[C@@H]1C[C@]2(C)CC2N1. The fourth-order valence-corrected chi connectivity index (χ4v) is 2.18. The molecule has 2 fully saturated rings. The minimum atomic E-state index is 0.416. The van der Waals surface area contributed by atoms with Gasteiger partial charge in [0.15, 0.2) is 0 Å². The summed E-state index contributed by atoms with van der Waals surface area (Å²) in [6, 6.07) is 1.33. The average Bonchev–Trinajstić information content (AvgIpc) is 2.52. The highest BCUT2D eigenvalue weighted by atomic mass is 16.7. The molecule has 1 aliphatic carbocycles. The van der Waals surface area contributed by atoms with E-state index in [1.165, 1.54) is 12.8 Å². The van der Waals surface area contributed by atoms with Gasteiger partial charge in [-0.15, -0.1) is 0 Å². The highest BCUT2D eigenvalue weighted by molar-refractivity contribution is 5.12. The molecule has 2 rings (SSSR count). The maximum atomic E-state index is 5.30. The molecule has 0 radical (unpaired) electrons. The third kappa shape index (κ3) is 1.49. The van der Waals surface area contributed by atoms with Gasteiger partial charge in [0.25, 0.3) is 0 Å². The topological polar surface area (TPSA) is 30.5 Å². The Morgan fingerprint density at radius 2 is 2.33 bits per heavy atom. The van der Waals surface area contributed by atoms with Gasteiger partial charge < -0.3 is 14.8 Å². The second-order valence-electron chi connectivity index (χ2n) is 4.26. The lowest BCUT2D eigenvalue weighted by molar-refractivity contribution is -0.0377. The number of nitrogens with one attached hydrogen (secondary N) is 1. The summed E-state index contributed by atoms with van der Waals surface area (Å²) in [5.41, 5.74) is 0.598. The Labute approximate surface area is 73.4 Å². The molecular weight excluding hydrogens is 154 g/mol. The van der Waals surface area contributed by atoms with E-state index in [2.05, 4.69) is 12.2 Å². The molecule has 1 saturated heterocycles. The molecular formula is C9H17NO2. The van der Waals surface area contributed by atoms with Gasteiger partial charge in [-0.05, 0) is 18.3 Å². The van der Waals surface area contributed by atoms with Crippen molar-refractivity contribution in [2.24, 2.45) is 5.41 Å². The van der Waals surface area contributed by atoms with Crippen molar-refractivity contribution in [3.63, 3.8) is 0 Å². The molecule has 70 valence electrons. The van der Waals surface area contributed by atoms with Crippen molar-refractivity contribution in [3.05, 3.63) is 0 Å². The van der Waals surface area contributed by atoms with Gasteiger partial charge in [0, 0.05) is 19.2 Å². The molecule has 3 nitrogen and oxygen atoms in total. The first-order valence-electron chi connectivity index (χ1n) is 4.57. The second kappa shape index (κ2) is 2.98. The van der Waals surface area contributed by atoms with Gasteiger partial charge in [0.2, 0.25) is 0 Å². The van der Waals surface area contributed by atoms with Crippen LogP contribution >= 0.6 is 0 Å². The smallest absolute Gasteiger partial charge is 0.146 e. The van der Waals surface area contributed by atoms with E-state index in [1.54, 1.807) is 7.11 Å². The van der Waals surface area contributed by atoms with E-state index in [0.717, 1.165) is 12.6 Å². The van der Waals surface area contributed by atoms with Gasteiger partial charge in [-0.3, -0.25) is 0 Å². The number of ether oxygens (including phenoxy) is 2. The van der Waals surface area contributed by atoms with E-state index < -0.39 is 0 Å². The zero-order chi connectivity index (χ0) is 8.60. The number of methoxy groups -OCH3 is 1. The van der Waals surface area contributed by atoms with Crippen molar-refractivity contribution >= 4 is 0 Å². The normalized spacial score (nSPS) is 44.5. The van der Waals surface area contributed by atoms with E-state index in [-0.39, 0.29) is 0 Å². The van der Waals surface area contributed by atoms with E-state index in [1.807, 2.05) is 0 Å². The van der Waals surface area contributed by atoms with Gasteiger partial charge in [-0.2, -0.15) is 0 Å². The fraction of sp³-hybridized carbons (Fsp3) is 1.00. The standard InChI is InChI=1S/C9H17NO2/c1-9-3-7(5-12-6-11-2)10-8(9)4-9/h7-8,10H,3-6H2,1-2H3/t7-,8?,9+/m0/s1. The highest BCUT2D eigenvalue weighted by Gasteiger charge is 2.56. The van der Waals surface area contributed by atoms with Crippen molar-refractivity contribution in [1.82, 2.24) is 5.32 Å². The molecule has 2 aliphatic rings. The Hall–Kier alpha value is -0.120. The van der Waals surface area contributed by atoms with Crippen LogP contribution in [0, 0.1) is 5.41 Å². The Balaban J connectivity index is 1.65. The van der Waals surface area contributed by atoms with E-state index >= 15 is 0 Å². The second-order valence-corrected chi connectivity index (χ2v) is 4.26. The van der Waals surface area contributed by atoms with E-state index in [9.17, 15) is 0 Å². The number of hydrogen-bond donors (Lipinski definition) is 1. The molecule has 3 atom stereocenters. The van der Waals surface area contributed by atoms with Crippen LogP contribution < -0.4 is 5.32 Å². The minimum Gasteiger partial charge on any atom is -0.359 e. The lowest BCUT2D eigenvalue weighted by atomic mass is 10.0. The molecule has 0 aromatic heterocycles. The maximum absolute atomic E-state index is 5.30. The first-order chi connectivity index (χ1) is 5.74. The molecule has 0 spiro atoms. The molecule has 3 heteroatoms. The van der Waals surface area contributed by atoms with Gasteiger partial charge in [-0.25, -0.2) is 0 Å². The van der Waals surface area contributed by atoms with Crippen LogP contribution in [0.4, 0.5) is 0 Å². The first kappa shape index (κ1) is 8.48. The first-order valence-corrected chi connectivity index (χ1v) is 4.57. The van der Waals surface area contributed by atoms with Crippen LogP contribution in [0.3, 0.4) is 0 Å². The lowest BCUT2D eigenvalue weighted by Crippen LogP contribution is -2.30. The van der Waals surface area contributed by atoms with Gasteiger partial charge in [0.1, 0.15) is 6.79 Å². The summed E-state index contributed by atoms with van der Waals surface area (Å²) in [5.74, 6) is 0. The molecule has 0 aromatic rings. The highest BCUT2D eigenvalue weighted by Crippen LogP contribution is 2.53. The monoisotopic (exact) mass is 171 g/mol. The fourth-order valence-electron chi connectivity index (χ4n) is 2.18. The maximum Gasteiger partial charge on any atom is 0.146 e. The zero-order valence-corrected chi connectivity index (χ0v) is 7.80. The van der Waals surface area contributed by atoms with Crippen molar-refractivity contribution in [2.75, 3.05) is 20.5 Å². The summed E-state index contributed by atoms with van der Waals surface area (Å²) in [7, 11) is 1.65. The molecule has 0 bridgehead atoms. The Kier molecular flexibility index (Phi) is 2.10. The summed E-state index contributed by atoms with van der Waals surface area (Å²) >= 11 is 0. The van der Waals surface area contributed by atoms with Crippen LogP contribution in [0.2, 0.25) is 0 Å². The summed E-state index contributed by atoms with van der Waals surface area (Å²) in [6.45, 7) is 3.56. The number of fused-ring (bicyclic) bond motifs is 1. The molecule has 1 saturated carbocycles. The molecule has 1 N–H and O–H groups in total. The Morgan fingerprint density at radius 3 is 2.92 bits per heavy atom. The van der Waals surface area contributed by atoms with E-state index in [4.69, 9.17) is 9.47 Å².